The van der Waals surface area contributed by atoms with E-state index >= 15 is 0 Å². The minimum absolute atomic E-state index is 0.00864. The molecule has 13 heteroatoms. The third-order valence-electron chi connectivity index (χ3n) is 5.93. The van der Waals surface area contributed by atoms with Gasteiger partial charge in [0.15, 0.2) is 0 Å². The molecule has 3 aromatic rings. The maximum atomic E-state index is 12.3. The van der Waals surface area contributed by atoms with Gasteiger partial charge in [0.2, 0.25) is 0 Å². The summed E-state index contributed by atoms with van der Waals surface area (Å²) >= 11 is 0. The minimum atomic E-state index is -4.37. The van der Waals surface area contributed by atoms with E-state index in [-0.39, 0.29) is 13.0 Å². The van der Waals surface area contributed by atoms with E-state index in [0.29, 0.717) is 18.4 Å². The summed E-state index contributed by atoms with van der Waals surface area (Å²) < 4.78 is 29.1. The Hall–Kier alpha value is -2.99. The number of hydrogen-bond acceptors (Lipinski definition) is 9. The highest BCUT2D eigenvalue weighted by atomic mass is 31.2. The molecule has 3 N–H and O–H groups in total. The molecule has 0 bridgehead atoms. The van der Waals surface area contributed by atoms with E-state index in [4.69, 9.17) is 13.8 Å². The Morgan fingerprint density at radius 1 is 1.16 bits per heavy atom. The number of nitrogens with one attached hydrogen (secondary N) is 1. The average Bonchev–Trinajstić information content (AvgIpc) is 3.25. The van der Waals surface area contributed by atoms with Gasteiger partial charge in [0, 0.05) is 30.6 Å². The number of phosphoric ester groups is 1. The van der Waals surface area contributed by atoms with Crippen molar-refractivity contribution in [2.75, 3.05) is 13.2 Å². The lowest BCUT2D eigenvalue weighted by Gasteiger charge is -2.18. The summed E-state index contributed by atoms with van der Waals surface area (Å²) in [4.78, 5) is 44.4. The number of phosphoric acid groups is 1. The Morgan fingerprint density at radius 3 is 2.76 bits per heavy atom. The number of H-pyrrole nitrogens is 1. The molecule has 0 spiro atoms. The van der Waals surface area contributed by atoms with Crippen LogP contribution in [0.5, 0.6) is 0 Å². The minimum Gasteiger partial charge on any atom is -0.390 e. The van der Waals surface area contributed by atoms with Crippen molar-refractivity contribution >= 4 is 7.82 Å². The van der Waals surface area contributed by atoms with Gasteiger partial charge in [-0.15, -0.1) is 0 Å². The molecular formula is C24H29N4O8P. The van der Waals surface area contributed by atoms with Gasteiger partial charge in [0.1, 0.15) is 12.3 Å². The van der Waals surface area contributed by atoms with Crippen molar-refractivity contribution in [2.45, 2.75) is 51.0 Å². The zero-order valence-corrected chi connectivity index (χ0v) is 21.1. The molecule has 0 radical (unpaired) electrons. The lowest BCUT2D eigenvalue weighted by Crippen LogP contribution is -2.33. The largest absolute Gasteiger partial charge is 0.472 e. The van der Waals surface area contributed by atoms with Gasteiger partial charge < -0.3 is 14.7 Å². The van der Waals surface area contributed by atoms with Gasteiger partial charge in [0.25, 0.3) is 5.56 Å². The van der Waals surface area contributed by atoms with Crippen molar-refractivity contribution in [2.24, 2.45) is 0 Å². The Balaban J connectivity index is 1.20. The molecule has 1 fully saturated rings. The molecule has 1 saturated heterocycles. The van der Waals surface area contributed by atoms with Crippen molar-refractivity contribution in [1.29, 1.82) is 0 Å². The van der Waals surface area contributed by atoms with Crippen LogP contribution in [0.2, 0.25) is 0 Å². The molecule has 0 aromatic carbocycles. The summed E-state index contributed by atoms with van der Waals surface area (Å²) in [5.74, 6) is 0. The number of ether oxygens (including phenoxy) is 1. The van der Waals surface area contributed by atoms with Gasteiger partial charge in [-0.1, -0.05) is 6.07 Å². The van der Waals surface area contributed by atoms with Gasteiger partial charge in [0.05, 0.1) is 30.7 Å². The number of rotatable bonds is 11. The van der Waals surface area contributed by atoms with Gasteiger partial charge in [-0.3, -0.25) is 33.4 Å². The van der Waals surface area contributed by atoms with E-state index in [1.807, 2.05) is 30.3 Å². The van der Waals surface area contributed by atoms with E-state index in [0.717, 1.165) is 27.9 Å². The van der Waals surface area contributed by atoms with Gasteiger partial charge in [-0.2, -0.15) is 0 Å². The van der Waals surface area contributed by atoms with E-state index in [1.54, 1.807) is 12.4 Å². The first kappa shape index (κ1) is 27.1. The van der Waals surface area contributed by atoms with E-state index < -0.39 is 44.1 Å². The number of aromatic amines is 1. The fourth-order valence-electron chi connectivity index (χ4n) is 3.94. The first-order chi connectivity index (χ1) is 17.7. The zero-order chi connectivity index (χ0) is 26.4. The summed E-state index contributed by atoms with van der Waals surface area (Å²) in [6.45, 7) is 1.14. The molecule has 4 heterocycles. The number of pyridine rings is 2. The van der Waals surface area contributed by atoms with Crippen molar-refractivity contribution in [1.82, 2.24) is 19.5 Å². The van der Waals surface area contributed by atoms with Crippen LogP contribution in [0.1, 0.15) is 36.6 Å². The monoisotopic (exact) mass is 532 g/mol. The Kier molecular flexibility index (Phi) is 8.80. The fourth-order valence-corrected chi connectivity index (χ4v) is 4.71. The number of aromatic nitrogens is 4. The maximum Gasteiger partial charge on any atom is 0.472 e. The molecule has 0 amide bonds. The van der Waals surface area contributed by atoms with Crippen molar-refractivity contribution in [3.8, 4) is 11.4 Å². The zero-order valence-electron chi connectivity index (χ0n) is 20.2. The first-order valence-corrected chi connectivity index (χ1v) is 13.4. The highest BCUT2D eigenvalue weighted by molar-refractivity contribution is 7.47. The summed E-state index contributed by atoms with van der Waals surface area (Å²) in [5.41, 5.74) is 1.76. The summed E-state index contributed by atoms with van der Waals surface area (Å²) in [5, 5.41) is 10.3. The number of aliphatic hydroxyl groups excluding tert-OH is 1. The lowest BCUT2D eigenvalue weighted by atomic mass is 10.1. The van der Waals surface area contributed by atoms with Crippen molar-refractivity contribution in [3.63, 3.8) is 0 Å². The average molecular weight is 532 g/mol. The summed E-state index contributed by atoms with van der Waals surface area (Å²) in [6, 6.07) is 9.51. The topological polar surface area (TPSA) is 166 Å². The van der Waals surface area contributed by atoms with E-state index in [2.05, 4.69) is 15.0 Å². The highest BCUT2D eigenvalue weighted by Crippen LogP contribution is 2.44. The number of hydrogen-bond donors (Lipinski definition) is 3. The molecule has 1 aliphatic heterocycles. The van der Waals surface area contributed by atoms with Crippen LogP contribution in [-0.4, -0.2) is 54.9 Å². The molecule has 37 heavy (non-hydrogen) atoms. The van der Waals surface area contributed by atoms with Crippen LogP contribution in [0.15, 0.2) is 58.5 Å². The Bertz CT molecular complexity index is 1360. The van der Waals surface area contributed by atoms with Crippen LogP contribution < -0.4 is 11.2 Å². The third kappa shape index (κ3) is 7.29. The molecule has 198 valence electrons. The van der Waals surface area contributed by atoms with Gasteiger partial charge in [-0.25, -0.2) is 9.36 Å². The molecule has 2 unspecified atom stereocenters. The summed E-state index contributed by atoms with van der Waals surface area (Å²) in [7, 11) is -4.37. The molecule has 4 atom stereocenters. The van der Waals surface area contributed by atoms with Crippen LogP contribution in [0, 0.1) is 6.92 Å². The number of aliphatic hydroxyl groups is 1. The molecule has 0 saturated carbocycles. The quantitative estimate of drug-likeness (QED) is 0.246. The fraction of sp³-hybridized carbons (Fsp3) is 0.417. The molecule has 1 aliphatic rings. The smallest absolute Gasteiger partial charge is 0.390 e. The summed E-state index contributed by atoms with van der Waals surface area (Å²) in [6.07, 6.45) is 3.95. The van der Waals surface area contributed by atoms with Crippen LogP contribution >= 0.6 is 7.82 Å². The predicted octanol–water partition coefficient (Wildman–Crippen LogP) is 2.11. The Labute approximate surface area is 212 Å². The number of aryl methyl sites for hydroxylation is 2. The second-order valence-corrected chi connectivity index (χ2v) is 10.2. The molecular weight excluding hydrogens is 503 g/mol. The van der Waals surface area contributed by atoms with Gasteiger partial charge in [-0.05, 0) is 56.0 Å². The number of nitrogens with zero attached hydrogens (tertiary/aromatic N) is 3. The molecule has 4 rings (SSSR count). The highest BCUT2D eigenvalue weighted by Gasteiger charge is 2.37. The Morgan fingerprint density at radius 2 is 1.97 bits per heavy atom. The number of unbranched alkanes of at least 4 members (excludes halogenated alkanes) is 1. The maximum absolute atomic E-state index is 12.3. The molecule has 12 nitrogen and oxygen atoms in total. The van der Waals surface area contributed by atoms with E-state index in [9.17, 15) is 24.2 Å². The van der Waals surface area contributed by atoms with Crippen LogP contribution in [0.25, 0.3) is 11.4 Å². The lowest BCUT2D eigenvalue weighted by molar-refractivity contribution is -0.0465. The van der Waals surface area contributed by atoms with E-state index in [1.165, 1.54) is 13.1 Å². The SMILES string of the molecule is Cc1cn([C@H]2CC(O)[C@@H](COP(=O)(O)OCCCCc3ccnc(-c4ccccn4)c3)O2)c(=O)[nH]c1=O. The van der Waals surface area contributed by atoms with Crippen molar-refractivity contribution < 1.29 is 28.3 Å². The van der Waals surface area contributed by atoms with Crippen LogP contribution in [0.4, 0.5) is 0 Å². The second-order valence-electron chi connectivity index (χ2n) is 8.73. The first-order valence-electron chi connectivity index (χ1n) is 11.9. The van der Waals surface area contributed by atoms with Crippen LogP contribution in [-0.2, 0) is 24.8 Å². The molecule has 0 aliphatic carbocycles. The van der Waals surface area contributed by atoms with Gasteiger partial charge >= 0.3 is 13.5 Å². The second kappa shape index (κ2) is 12.0. The predicted molar refractivity (Wildman–Crippen MR) is 133 cm³/mol. The molecule has 3 aromatic heterocycles. The van der Waals surface area contributed by atoms with Crippen LogP contribution in [0.3, 0.4) is 0 Å². The van der Waals surface area contributed by atoms with Crippen molar-refractivity contribution in [3.05, 3.63) is 80.9 Å². The standard InChI is InChI=1S/C24H29N4O8P/c1-16-14-28(24(31)27-23(16)30)22-13-20(29)21(36-22)15-35-37(32,33)34-11-5-3-6-17-8-10-26-19(12-17)18-7-2-4-9-25-18/h2,4,7-10,12,14,20-22,29H,3,5-6,11,13,15H2,1H3,(H,32,33)(H,27,30,31)/t20?,21-,22-/m1/s1. The third-order valence-corrected chi connectivity index (χ3v) is 6.91. The normalized spacial score (nSPS) is 21.1.